The molecule has 0 aliphatic carbocycles. The summed E-state index contributed by atoms with van der Waals surface area (Å²) in [5.74, 6) is 1.11. The average molecular weight is 626 g/mol. The number of aromatic nitrogens is 4. The molecule has 0 spiro atoms. The molecule has 12 heteroatoms. The van der Waals surface area contributed by atoms with Crippen LogP contribution in [-0.4, -0.2) is 57.4 Å². The first-order chi connectivity index (χ1) is 21.8. The third-order valence-corrected chi connectivity index (χ3v) is 8.29. The Morgan fingerprint density at radius 3 is 2.44 bits per heavy atom. The molecule has 230 valence electrons. The van der Waals surface area contributed by atoms with Crippen molar-refractivity contribution in [1.29, 1.82) is 0 Å². The largest absolute Gasteiger partial charge is 0.497 e. The number of anilines is 2. The summed E-state index contributed by atoms with van der Waals surface area (Å²) in [7, 11) is 3.36. The second-order valence-corrected chi connectivity index (χ2v) is 11.4. The number of nitrogens with zero attached hydrogens (tertiary/aromatic N) is 6. The number of ether oxygens (including phenoxy) is 1. The van der Waals surface area contributed by atoms with Crippen molar-refractivity contribution in [3.8, 4) is 11.4 Å². The van der Waals surface area contributed by atoms with Crippen LogP contribution in [0.4, 0.5) is 16.0 Å². The Hall–Kier alpha value is -4.97. The standard InChI is InChI=1S/C33H32FN7O3S/c1-5-24(29-36-25-13-9-12-23(34)26(25)32(43)41(29)21-10-7-6-8-11-21)35-28-27-30(38-33(37-28)45-4)40(19-39(2)31(27)42)18-20-14-16-22(44-3)17-15-20/h6-17,24H,5,18-19H2,1-4H3,(H,35,37,38)/t24-/m0/s1. The van der Waals surface area contributed by atoms with Crippen molar-refractivity contribution < 1.29 is 13.9 Å². The van der Waals surface area contributed by atoms with Gasteiger partial charge in [0.1, 0.15) is 40.0 Å². The number of methoxy groups -OCH3 is 1. The van der Waals surface area contributed by atoms with Crippen LogP contribution >= 0.6 is 11.8 Å². The highest BCUT2D eigenvalue weighted by molar-refractivity contribution is 7.98. The minimum absolute atomic E-state index is 0.0879. The molecular weight excluding hydrogens is 593 g/mol. The van der Waals surface area contributed by atoms with Crippen molar-refractivity contribution in [3.63, 3.8) is 0 Å². The molecule has 1 amide bonds. The van der Waals surface area contributed by atoms with E-state index >= 15 is 0 Å². The molecule has 1 aliphatic rings. The van der Waals surface area contributed by atoms with Gasteiger partial charge < -0.3 is 19.9 Å². The van der Waals surface area contributed by atoms with Gasteiger partial charge in [-0.25, -0.2) is 19.3 Å². The number of halogens is 1. The number of thioether (sulfide) groups is 1. The van der Waals surface area contributed by atoms with Crippen LogP contribution in [-0.2, 0) is 6.54 Å². The molecule has 3 heterocycles. The topological polar surface area (TPSA) is 105 Å². The van der Waals surface area contributed by atoms with Gasteiger partial charge in [0.25, 0.3) is 11.5 Å². The third-order valence-electron chi connectivity index (χ3n) is 7.75. The second kappa shape index (κ2) is 12.6. The summed E-state index contributed by atoms with van der Waals surface area (Å²) < 4.78 is 21.7. The molecule has 1 atom stereocenters. The number of carbonyl (C=O) groups is 1. The fourth-order valence-electron chi connectivity index (χ4n) is 5.49. The maximum absolute atomic E-state index is 14.9. The van der Waals surface area contributed by atoms with Crippen molar-refractivity contribution in [2.45, 2.75) is 31.1 Å². The van der Waals surface area contributed by atoms with Gasteiger partial charge in [-0.3, -0.25) is 14.2 Å². The van der Waals surface area contributed by atoms with E-state index in [4.69, 9.17) is 19.7 Å². The summed E-state index contributed by atoms with van der Waals surface area (Å²) in [5, 5.41) is 3.84. The Bertz CT molecular complexity index is 1940. The number of fused-ring (bicyclic) bond motifs is 2. The predicted octanol–water partition coefficient (Wildman–Crippen LogP) is 5.66. The molecular formula is C33H32FN7O3S. The van der Waals surface area contributed by atoms with Gasteiger partial charge in [0.05, 0.1) is 31.0 Å². The van der Waals surface area contributed by atoms with Gasteiger partial charge in [0, 0.05) is 13.6 Å². The summed E-state index contributed by atoms with van der Waals surface area (Å²) >= 11 is 1.36. The van der Waals surface area contributed by atoms with E-state index in [2.05, 4.69) is 5.32 Å². The molecule has 2 aromatic heterocycles. The zero-order valence-electron chi connectivity index (χ0n) is 25.3. The van der Waals surface area contributed by atoms with Gasteiger partial charge in [-0.15, -0.1) is 0 Å². The molecule has 0 fully saturated rings. The van der Waals surface area contributed by atoms with Crippen LogP contribution < -0.4 is 20.5 Å². The van der Waals surface area contributed by atoms with Gasteiger partial charge in [0.2, 0.25) is 0 Å². The number of rotatable bonds is 9. The fraction of sp³-hybridized carbons (Fsp3) is 0.242. The molecule has 10 nitrogen and oxygen atoms in total. The van der Waals surface area contributed by atoms with Gasteiger partial charge in [-0.1, -0.05) is 55.1 Å². The maximum atomic E-state index is 14.9. The Morgan fingerprint density at radius 1 is 1.00 bits per heavy atom. The van der Waals surface area contributed by atoms with E-state index < -0.39 is 17.4 Å². The fourth-order valence-corrected chi connectivity index (χ4v) is 5.85. The van der Waals surface area contributed by atoms with Crippen LogP contribution in [0, 0.1) is 5.82 Å². The molecule has 0 saturated carbocycles. The zero-order chi connectivity index (χ0) is 31.7. The molecule has 1 aliphatic heterocycles. The number of hydrogen-bond acceptors (Lipinski definition) is 9. The van der Waals surface area contributed by atoms with E-state index in [-0.39, 0.29) is 16.8 Å². The maximum Gasteiger partial charge on any atom is 0.269 e. The zero-order valence-corrected chi connectivity index (χ0v) is 26.1. The normalized spacial score (nSPS) is 13.6. The number of para-hydroxylation sites is 1. The first-order valence-electron chi connectivity index (χ1n) is 14.4. The highest BCUT2D eigenvalue weighted by Gasteiger charge is 2.34. The minimum atomic E-state index is -0.637. The molecule has 0 unspecified atom stereocenters. The average Bonchev–Trinajstić information content (AvgIpc) is 3.06. The summed E-state index contributed by atoms with van der Waals surface area (Å²) in [6, 6.07) is 20.6. The van der Waals surface area contributed by atoms with E-state index in [0.717, 1.165) is 11.3 Å². The molecule has 0 radical (unpaired) electrons. The van der Waals surface area contributed by atoms with E-state index in [1.54, 1.807) is 37.3 Å². The number of benzene rings is 3. The van der Waals surface area contributed by atoms with Crippen molar-refractivity contribution in [2.75, 3.05) is 37.3 Å². The number of hydrogen-bond donors (Lipinski definition) is 1. The molecule has 1 N–H and O–H groups in total. The summed E-state index contributed by atoms with van der Waals surface area (Å²) in [6.07, 6.45) is 2.35. The van der Waals surface area contributed by atoms with Crippen molar-refractivity contribution in [1.82, 2.24) is 24.4 Å². The SMILES string of the molecule is CC[C@H](Nc1nc(SC)nc2c1C(=O)N(C)CN2Cc1ccc(OC)cc1)c1nc2cccc(F)c2c(=O)n1-c1ccccc1. The Kier molecular flexibility index (Phi) is 8.40. The quantitative estimate of drug-likeness (QED) is 0.164. The van der Waals surface area contributed by atoms with Crippen molar-refractivity contribution in [2.24, 2.45) is 0 Å². The van der Waals surface area contributed by atoms with E-state index in [0.29, 0.717) is 53.5 Å². The van der Waals surface area contributed by atoms with Gasteiger partial charge >= 0.3 is 0 Å². The van der Waals surface area contributed by atoms with E-state index in [1.165, 1.54) is 28.5 Å². The molecule has 3 aromatic carbocycles. The van der Waals surface area contributed by atoms with Crippen LogP contribution in [0.15, 0.2) is 82.7 Å². The van der Waals surface area contributed by atoms with Gasteiger partial charge in [-0.2, -0.15) is 0 Å². The smallest absolute Gasteiger partial charge is 0.269 e. The van der Waals surface area contributed by atoms with Gasteiger partial charge in [-0.05, 0) is 54.6 Å². The van der Waals surface area contributed by atoms with Crippen LogP contribution in [0.25, 0.3) is 16.6 Å². The lowest BCUT2D eigenvalue weighted by Gasteiger charge is -2.36. The molecule has 0 saturated heterocycles. The van der Waals surface area contributed by atoms with E-state index in [9.17, 15) is 14.0 Å². The number of nitrogens with one attached hydrogen (secondary N) is 1. The first-order valence-corrected chi connectivity index (χ1v) is 15.7. The summed E-state index contributed by atoms with van der Waals surface area (Å²) in [4.78, 5) is 45.6. The second-order valence-electron chi connectivity index (χ2n) is 10.6. The lowest BCUT2D eigenvalue weighted by Crippen LogP contribution is -2.45. The van der Waals surface area contributed by atoms with Crippen molar-refractivity contribution >= 4 is 40.2 Å². The molecule has 0 bridgehead atoms. The van der Waals surface area contributed by atoms with Crippen LogP contribution in [0.3, 0.4) is 0 Å². The monoisotopic (exact) mass is 625 g/mol. The van der Waals surface area contributed by atoms with Crippen LogP contribution in [0.2, 0.25) is 0 Å². The number of carbonyl (C=O) groups excluding carboxylic acids is 1. The molecule has 45 heavy (non-hydrogen) atoms. The Morgan fingerprint density at radius 2 is 1.76 bits per heavy atom. The van der Waals surface area contributed by atoms with Gasteiger partial charge in [0.15, 0.2) is 5.16 Å². The lowest BCUT2D eigenvalue weighted by molar-refractivity contribution is 0.0780. The first kappa shape index (κ1) is 30.1. The summed E-state index contributed by atoms with van der Waals surface area (Å²) in [5.41, 5.74) is 1.63. The minimum Gasteiger partial charge on any atom is -0.497 e. The lowest BCUT2D eigenvalue weighted by atomic mass is 10.1. The number of amides is 1. The highest BCUT2D eigenvalue weighted by Crippen LogP contribution is 2.35. The van der Waals surface area contributed by atoms with E-state index in [1.807, 2.05) is 60.5 Å². The molecule has 5 aromatic rings. The Balaban J connectivity index is 1.48. The Labute approximate surface area is 263 Å². The predicted molar refractivity (Wildman–Crippen MR) is 174 cm³/mol. The molecule has 6 rings (SSSR count). The van der Waals surface area contributed by atoms with Crippen molar-refractivity contribution in [3.05, 3.63) is 106 Å². The van der Waals surface area contributed by atoms with Crippen LogP contribution in [0.5, 0.6) is 5.75 Å². The van der Waals surface area contributed by atoms with Crippen LogP contribution in [0.1, 0.15) is 41.1 Å². The third kappa shape index (κ3) is 5.68. The highest BCUT2D eigenvalue weighted by atomic mass is 32.2. The summed E-state index contributed by atoms with van der Waals surface area (Å²) in [6.45, 7) is 2.79.